The molecule has 5 aliphatic rings. The van der Waals surface area contributed by atoms with Crippen LogP contribution in [0.3, 0.4) is 0 Å². The van der Waals surface area contributed by atoms with Gasteiger partial charge in [0.05, 0.1) is 29.6 Å². The summed E-state index contributed by atoms with van der Waals surface area (Å²) >= 11 is 0. The molecule has 6 heteroatoms. The van der Waals surface area contributed by atoms with Crippen LogP contribution in [0, 0.1) is 56.7 Å². The predicted molar refractivity (Wildman–Crippen MR) is 167 cm³/mol. The van der Waals surface area contributed by atoms with Crippen LogP contribution in [-0.4, -0.2) is 39.7 Å². The average Bonchev–Trinajstić information content (AvgIpc) is 3.36. The number of aromatic nitrogens is 1. The van der Waals surface area contributed by atoms with E-state index in [2.05, 4.69) is 56.4 Å². The van der Waals surface area contributed by atoms with E-state index >= 15 is 0 Å². The van der Waals surface area contributed by atoms with Gasteiger partial charge < -0.3 is 10.2 Å². The molecule has 0 aromatic carbocycles. The maximum Gasteiger partial charge on any atom is 0.309 e. The number of pyridine rings is 1. The van der Waals surface area contributed by atoms with E-state index in [1.807, 2.05) is 18.2 Å². The zero-order valence-electron chi connectivity index (χ0n) is 26.4. The molecule has 0 unspecified atom stereocenters. The van der Waals surface area contributed by atoms with Crippen molar-refractivity contribution < 1.29 is 15.0 Å². The number of aliphatic carboxylic acids is 1. The molecule has 2 N–H and O–H groups in total. The number of fused-ring (bicyclic) bond motifs is 7. The predicted octanol–water partition coefficient (Wildman–Crippen LogP) is 7.57. The summed E-state index contributed by atoms with van der Waals surface area (Å²) in [5.74, 6) is 1.03. The molecule has 0 saturated heterocycles. The van der Waals surface area contributed by atoms with Crippen molar-refractivity contribution in [1.29, 1.82) is 0 Å². The molecule has 42 heavy (non-hydrogen) atoms. The first-order valence-electron chi connectivity index (χ1n) is 16.4. The van der Waals surface area contributed by atoms with E-state index in [1.54, 1.807) is 18.6 Å². The van der Waals surface area contributed by atoms with Crippen LogP contribution in [0.5, 0.6) is 0 Å². The molecule has 1 aromatic rings. The topological polar surface area (TPSA) is 95.1 Å². The fourth-order valence-corrected chi connectivity index (χ4v) is 12.1. The summed E-state index contributed by atoms with van der Waals surface area (Å²) in [7, 11) is 0. The third-order valence-corrected chi connectivity index (χ3v) is 14.5. The van der Waals surface area contributed by atoms with Gasteiger partial charge in [0.15, 0.2) is 0 Å². The van der Waals surface area contributed by atoms with E-state index in [9.17, 15) is 15.0 Å². The van der Waals surface area contributed by atoms with Crippen LogP contribution in [-0.2, 0) is 4.79 Å². The number of hydrogen-bond donors (Lipinski definition) is 2. The maximum atomic E-state index is 13.1. The Balaban J connectivity index is 1.31. The Hall–Kier alpha value is -2.34. The highest BCUT2D eigenvalue weighted by Crippen LogP contribution is 2.77. The molecule has 1 heterocycles. The van der Waals surface area contributed by atoms with E-state index < -0.39 is 11.4 Å². The van der Waals surface area contributed by atoms with Gasteiger partial charge in [-0.05, 0) is 133 Å². The molecule has 6 rings (SSSR count). The van der Waals surface area contributed by atoms with Gasteiger partial charge in [-0.15, -0.1) is 0 Å². The SMILES string of the molecule is C=C(/C=N/N=C/c1ccccn1)[C@@H]1CC[C@]2(C(=O)O)CC[C@]3(C)[C@H](CC[C@@H]4[C@@]5(C)CC[C@H](O)C(C)(C)[C@@H]5CC[C@]43C)[C@@H]12. The van der Waals surface area contributed by atoms with Crippen molar-refractivity contribution in [2.24, 2.45) is 66.9 Å². The summed E-state index contributed by atoms with van der Waals surface area (Å²) in [5, 5.41) is 30.3. The van der Waals surface area contributed by atoms with Crippen LogP contribution >= 0.6 is 0 Å². The Kier molecular flexibility index (Phi) is 7.15. The van der Waals surface area contributed by atoms with E-state index in [4.69, 9.17) is 0 Å². The zero-order chi connectivity index (χ0) is 30.1. The molecule has 10 atom stereocenters. The Bertz CT molecular complexity index is 1290. The summed E-state index contributed by atoms with van der Waals surface area (Å²) in [5.41, 5.74) is 1.36. The normalized spacial score (nSPS) is 46.0. The first kappa shape index (κ1) is 29.7. The highest BCUT2D eigenvalue weighted by atomic mass is 16.4. The van der Waals surface area contributed by atoms with Crippen LogP contribution < -0.4 is 0 Å². The molecule has 6 nitrogen and oxygen atoms in total. The van der Waals surface area contributed by atoms with Gasteiger partial charge in [-0.1, -0.05) is 47.3 Å². The molecule has 0 amide bonds. The van der Waals surface area contributed by atoms with Crippen molar-refractivity contribution in [2.45, 2.75) is 105 Å². The monoisotopic (exact) mass is 573 g/mol. The van der Waals surface area contributed by atoms with Crippen molar-refractivity contribution in [1.82, 2.24) is 4.98 Å². The van der Waals surface area contributed by atoms with E-state index in [1.165, 1.54) is 6.42 Å². The van der Waals surface area contributed by atoms with Gasteiger partial charge in [0.25, 0.3) is 0 Å². The van der Waals surface area contributed by atoms with Crippen molar-refractivity contribution in [3.8, 4) is 0 Å². The van der Waals surface area contributed by atoms with Crippen LogP contribution in [0.25, 0.3) is 0 Å². The Morgan fingerprint density at radius 2 is 1.71 bits per heavy atom. The lowest BCUT2D eigenvalue weighted by molar-refractivity contribution is -0.248. The van der Waals surface area contributed by atoms with Crippen molar-refractivity contribution in [3.05, 3.63) is 42.2 Å². The lowest BCUT2D eigenvalue weighted by Gasteiger charge is -2.72. The number of rotatable bonds is 5. The van der Waals surface area contributed by atoms with Gasteiger partial charge in [-0.3, -0.25) is 9.78 Å². The highest BCUT2D eigenvalue weighted by Gasteiger charge is 2.72. The number of carboxylic acids is 1. The van der Waals surface area contributed by atoms with Crippen LogP contribution in [0.2, 0.25) is 0 Å². The van der Waals surface area contributed by atoms with E-state index in [0.29, 0.717) is 17.8 Å². The molecule has 1 aromatic heterocycles. The van der Waals surface area contributed by atoms with Crippen molar-refractivity contribution in [3.63, 3.8) is 0 Å². The molecular formula is C36H51N3O3. The molecule has 0 aliphatic heterocycles. The maximum absolute atomic E-state index is 13.1. The summed E-state index contributed by atoms with van der Waals surface area (Å²) in [6.07, 6.45) is 14.8. The molecule has 5 aliphatic carbocycles. The second-order valence-corrected chi connectivity index (χ2v) is 16.0. The van der Waals surface area contributed by atoms with Gasteiger partial charge in [0.1, 0.15) is 0 Å². The Labute approximate surface area is 252 Å². The largest absolute Gasteiger partial charge is 0.481 e. The van der Waals surface area contributed by atoms with Crippen LogP contribution in [0.15, 0.2) is 46.8 Å². The lowest BCUT2D eigenvalue weighted by Crippen LogP contribution is -2.67. The summed E-state index contributed by atoms with van der Waals surface area (Å²) in [4.78, 5) is 17.4. The molecule has 228 valence electrons. The minimum Gasteiger partial charge on any atom is -0.481 e. The quantitative estimate of drug-likeness (QED) is 0.281. The smallest absolute Gasteiger partial charge is 0.309 e. The Morgan fingerprint density at radius 1 is 0.929 bits per heavy atom. The van der Waals surface area contributed by atoms with Gasteiger partial charge in [0.2, 0.25) is 0 Å². The van der Waals surface area contributed by atoms with Crippen molar-refractivity contribution >= 4 is 18.4 Å². The third-order valence-electron chi connectivity index (χ3n) is 14.5. The fourth-order valence-electron chi connectivity index (χ4n) is 12.1. The molecule has 5 saturated carbocycles. The standard InChI is InChI=1S/C36H51N3O3/c1-23(21-38-39-22-24-9-7-8-20-37-24)25-12-17-36(31(41)42)19-18-34(5)26(30(25)36)10-11-28-33(4)15-14-29(40)32(2,3)27(33)13-16-35(28,34)6/h7-9,20-22,25-30,40H,1,10-19H2,2-6H3,(H,41,42)/b38-21+,39-22+/t25-,26+,27-,28+,29-,30+,33-,34+,35+,36-/m0/s1. The van der Waals surface area contributed by atoms with Gasteiger partial charge in [0, 0.05) is 6.20 Å². The average molecular weight is 574 g/mol. The number of nitrogens with zero attached hydrogens (tertiary/aromatic N) is 3. The second-order valence-electron chi connectivity index (χ2n) is 16.0. The number of aliphatic hydroxyl groups is 1. The number of carbonyl (C=O) groups is 1. The number of hydrogen-bond acceptors (Lipinski definition) is 5. The van der Waals surface area contributed by atoms with E-state index in [-0.39, 0.29) is 39.6 Å². The lowest BCUT2D eigenvalue weighted by atomic mass is 9.32. The van der Waals surface area contributed by atoms with Gasteiger partial charge in [-0.25, -0.2) is 0 Å². The molecule has 0 radical (unpaired) electrons. The first-order valence-corrected chi connectivity index (χ1v) is 16.4. The first-order chi connectivity index (χ1) is 19.8. The third kappa shape index (κ3) is 4.06. The molecular weight excluding hydrogens is 522 g/mol. The highest BCUT2D eigenvalue weighted by molar-refractivity contribution is 5.82. The van der Waals surface area contributed by atoms with E-state index in [0.717, 1.165) is 69.1 Å². The van der Waals surface area contributed by atoms with Gasteiger partial charge >= 0.3 is 5.97 Å². The Morgan fingerprint density at radius 3 is 2.43 bits per heavy atom. The summed E-state index contributed by atoms with van der Waals surface area (Å²) in [6, 6.07) is 5.67. The second kappa shape index (κ2) is 10.1. The van der Waals surface area contributed by atoms with Crippen LogP contribution in [0.4, 0.5) is 0 Å². The fraction of sp³-hybridized carbons (Fsp3) is 0.722. The number of allylic oxidation sites excluding steroid dienone is 1. The minimum atomic E-state index is -0.676. The zero-order valence-corrected chi connectivity index (χ0v) is 26.4. The van der Waals surface area contributed by atoms with Gasteiger partial charge in [-0.2, -0.15) is 10.2 Å². The summed E-state index contributed by atoms with van der Waals surface area (Å²) < 4.78 is 0. The molecule has 0 bridgehead atoms. The van der Waals surface area contributed by atoms with Crippen molar-refractivity contribution in [2.75, 3.05) is 0 Å². The number of carboxylic acid groups (broad SMARTS) is 1. The van der Waals surface area contributed by atoms with Crippen LogP contribution in [0.1, 0.15) is 105 Å². The molecule has 5 fully saturated rings. The summed E-state index contributed by atoms with van der Waals surface area (Å²) in [6.45, 7) is 16.7. The molecule has 0 spiro atoms. The number of aliphatic hydroxyl groups excluding tert-OH is 1. The minimum absolute atomic E-state index is 0.0657.